The lowest BCUT2D eigenvalue weighted by atomic mass is 9.98. The highest BCUT2D eigenvalue weighted by atomic mass is 35.5. The Morgan fingerprint density at radius 1 is 1.56 bits per heavy atom. The summed E-state index contributed by atoms with van der Waals surface area (Å²) in [7, 11) is 0. The molecular formula is C11H11ClN2O2. The first kappa shape index (κ1) is 10.1. The van der Waals surface area contributed by atoms with Crippen molar-refractivity contribution in [2.75, 3.05) is 24.7 Å². The zero-order valence-electron chi connectivity index (χ0n) is 8.65. The van der Waals surface area contributed by atoms with Gasteiger partial charge in [0.1, 0.15) is 5.69 Å². The normalized spacial score (nSPS) is 23.9. The molecule has 1 saturated heterocycles. The molecule has 2 aliphatic heterocycles. The molecule has 0 aromatic carbocycles. The van der Waals surface area contributed by atoms with Gasteiger partial charge >= 0.3 is 0 Å². The van der Waals surface area contributed by atoms with Gasteiger partial charge in [-0.05, 0) is 6.07 Å². The van der Waals surface area contributed by atoms with Gasteiger partial charge in [-0.25, -0.2) is 4.98 Å². The average molecular weight is 239 g/mol. The number of aromatic nitrogens is 1. The van der Waals surface area contributed by atoms with Crippen LogP contribution in [0.15, 0.2) is 12.3 Å². The molecule has 1 aromatic rings. The molecule has 2 aliphatic rings. The lowest BCUT2D eigenvalue weighted by Gasteiger charge is -2.40. The molecule has 0 N–H and O–H groups in total. The average Bonchev–Trinajstić information content (AvgIpc) is 2.29. The highest BCUT2D eigenvalue weighted by Crippen LogP contribution is 2.32. The number of pyridine rings is 1. The maximum absolute atomic E-state index is 11.9. The van der Waals surface area contributed by atoms with Crippen LogP contribution in [-0.2, 0) is 4.74 Å². The van der Waals surface area contributed by atoms with Gasteiger partial charge in [0.2, 0.25) is 0 Å². The minimum atomic E-state index is 0.0819. The van der Waals surface area contributed by atoms with E-state index in [1.807, 2.05) is 6.07 Å². The molecule has 84 valence electrons. The van der Waals surface area contributed by atoms with Crippen molar-refractivity contribution >= 4 is 23.1 Å². The van der Waals surface area contributed by atoms with Gasteiger partial charge in [-0.15, -0.1) is 0 Å². The first-order valence-electron chi connectivity index (χ1n) is 5.29. The van der Waals surface area contributed by atoms with Gasteiger partial charge in [0, 0.05) is 19.2 Å². The van der Waals surface area contributed by atoms with Gasteiger partial charge in [0.15, 0.2) is 5.78 Å². The first-order chi connectivity index (χ1) is 7.75. The maximum atomic E-state index is 11.9. The summed E-state index contributed by atoms with van der Waals surface area (Å²) in [4.78, 5) is 18.2. The number of carbonyl (C=O) groups excluding carboxylic acids is 1. The Morgan fingerprint density at radius 3 is 3.31 bits per heavy atom. The smallest absolute Gasteiger partial charge is 0.185 e. The van der Waals surface area contributed by atoms with Crippen molar-refractivity contribution in [2.24, 2.45) is 0 Å². The summed E-state index contributed by atoms with van der Waals surface area (Å²) in [6.07, 6.45) is 2.01. The first-order valence-corrected chi connectivity index (χ1v) is 5.66. The second kappa shape index (κ2) is 3.71. The van der Waals surface area contributed by atoms with E-state index >= 15 is 0 Å². The molecule has 0 bridgehead atoms. The molecule has 0 saturated carbocycles. The lowest BCUT2D eigenvalue weighted by molar-refractivity contribution is 0.0760. The number of fused-ring (bicyclic) bond motifs is 3. The van der Waals surface area contributed by atoms with Crippen LogP contribution in [0.25, 0.3) is 0 Å². The van der Waals surface area contributed by atoms with Crippen molar-refractivity contribution in [3.8, 4) is 0 Å². The van der Waals surface area contributed by atoms with Crippen LogP contribution in [0.2, 0.25) is 5.02 Å². The number of rotatable bonds is 0. The van der Waals surface area contributed by atoms with Gasteiger partial charge in [-0.2, -0.15) is 0 Å². The van der Waals surface area contributed by atoms with E-state index < -0.39 is 0 Å². The third kappa shape index (κ3) is 1.49. The highest BCUT2D eigenvalue weighted by Gasteiger charge is 2.34. The van der Waals surface area contributed by atoms with Crippen molar-refractivity contribution in [1.82, 2.24) is 4.98 Å². The molecular weight excluding hydrogens is 228 g/mol. The van der Waals surface area contributed by atoms with Crippen LogP contribution in [0.3, 0.4) is 0 Å². The fraction of sp³-hybridized carbons (Fsp3) is 0.455. The van der Waals surface area contributed by atoms with Crippen molar-refractivity contribution in [2.45, 2.75) is 12.5 Å². The van der Waals surface area contributed by atoms with Gasteiger partial charge < -0.3 is 9.64 Å². The number of nitrogens with zero attached hydrogens (tertiary/aromatic N) is 2. The van der Waals surface area contributed by atoms with Crippen LogP contribution in [0.5, 0.6) is 0 Å². The summed E-state index contributed by atoms with van der Waals surface area (Å²) in [6, 6.07) is 1.97. The summed E-state index contributed by atoms with van der Waals surface area (Å²) >= 11 is 5.92. The molecule has 3 rings (SSSR count). The quantitative estimate of drug-likeness (QED) is 0.688. The Kier molecular flexibility index (Phi) is 2.33. The van der Waals surface area contributed by atoms with Crippen LogP contribution in [0.1, 0.15) is 16.9 Å². The van der Waals surface area contributed by atoms with Crippen LogP contribution in [-0.4, -0.2) is 36.6 Å². The molecule has 1 aromatic heterocycles. The molecule has 0 aliphatic carbocycles. The topological polar surface area (TPSA) is 42.4 Å². The third-order valence-electron chi connectivity index (χ3n) is 3.06. The van der Waals surface area contributed by atoms with Crippen molar-refractivity contribution in [1.29, 1.82) is 0 Å². The van der Waals surface area contributed by atoms with E-state index in [-0.39, 0.29) is 11.8 Å². The standard InChI is InChI=1S/C11H11ClN2O2/c12-7-3-9-11(13-5-7)10(15)4-8-6-16-2-1-14(8)9/h3,5,8H,1-2,4,6H2. The van der Waals surface area contributed by atoms with Gasteiger partial charge in [-0.1, -0.05) is 11.6 Å². The number of hydrogen-bond donors (Lipinski definition) is 0. The molecule has 4 nitrogen and oxygen atoms in total. The predicted octanol–water partition coefficient (Wildman–Crippen LogP) is 1.53. The van der Waals surface area contributed by atoms with Crippen molar-refractivity contribution in [3.05, 3.63) is 23.0 Å². The molecule has 1 atom stereocenters. The highest BCUT2D eigenvalue weighted by molar-refractivity contribution is 6.31. The van der Waals surface area contributed by atoms with Crippen LogP contribution in [0.4, 0.5) is 5.69 Å². The molecule has 0 amide bonds. The fourth-order valence-electron chi connectivity index (χ4n) is 2.31. The number of halogens is 1. The number of morpholine rings is 1. The molecule has 5 heteroatoms. The zero-order valence-corrected chi connectivity index (χ0v) is 9.41. The van der Waals surface area contributed by atoms with Gasteiger partial charge in [-0.3, -0.25) is 4.79 Å². The number of ether oxygens (including phenoxy) is 1. The second-order valence-electron chi connectivity index (χ2n) is 4.07. The molecule has 1 unspecified atom stereocenters. The van der Waals surface area contributed by atoms with Gasteiger partial charge in [0.05, 0.1) is 30.0 Å². The number of hydrogen-bond acceptors (Lipinski definition) is 4. The molecule has 16 heavy (non-hydrogen) atoms. The van der Waals surface area contributed by atoms with Crippen molar-refractivity contribution in [3.63, 3.8) is 0 Å². The molecule has 1 fully saturated rings. The number of anilines is 1. The minimum Gasteiger partial charge on any atom is -0.377 e. The lowest BCUT2D eigenvalue weighted by Crippen LogP contribution is -2.49. The van der Waals surface area contributed by atoms with E-state index in [0.717, 1.165) is 12.2 Å². The Labute approximate surface area is 98.2 Å². The van der Waals surface area contributed by atoms with Crippen LogP contribution >= 0.6 is 11.6 Å². The number of Topliss-reactive ketones (excluding diaryl/α,β-unsaturated/α-hetero) is 1. The van der Waals surface area contributed by atoms with E-state index in [1.54, 1.807) is 0 Å². The summed E-state index contributed by atoms with van der Waals surface area (Å²) in [5.41, 5.74) is 1.40. The van der Waals surface area contributed by atoms with Crippen molar-refractivity contribution < 1.29 is 9.53 Å². The molecule has 3 heterocycles. The Hall–Kier alpha value is -1.13. The van der Waals surface area contributed by atoms with Crippen LogP contribution < -0.4 is 4.90 Å². The van der Waals surface area contributed by atoms with E-state index in [4.69, 9.17) is 16.3 Å². The zero-order chi connectivity index (χ0) is 11.1. The van der Waals surface area contributed by atoms with E-state index in [2.05, 4.69) is 9.88 Å². The second-order valence-corrected chi connectivity index (χ2v) is 4.51. The Bertz CT molecular complexity index is 450. The number of ketones is 1. The monoisotopic (exact) mass is 238 g/mol. The Balaban J connectivity index is 2.09. The number of carbonyl (C=O) groups is 1. The summed E-state index contributed by atoms with van der Waals surface area (Å²) in [6.45, 7) is 2.10. The fourth-order valence-corrected chi connectivity index (χ4v) is 2.47. The van der Waals surface area contributed by atoms with E-state index in [0.29, 0.717) is 30.4 Å². The minimum absolute atomic E-state index is 0.0819. The van der Waals surface area contributed by atoms with Crippen LogP contribution in [0, 0.1) is 0 Å². The van der Waals surface area contributed by atoms with Gasteiger partial charge in [0.25, 0.3) is 0 Å². The SMILES string of the molecule is O=C1CC2COCCN2c2cc(Cl)cnc21. The summed E-state index contributed by atoms with van der Waals surface area (Å²) in [5.74, 6) is 0.0819. The molecule has 0 spiro atoms. The van der Waals surface area contributed by atoms with E-state index in [9.17, 15) is 4.79 Å². The summed E-state index contributed by atoms with van der Waals surface area (Å²) in [5, 5.41) is 0.568. The largest absolute Gasteiger partial charge is 0.377 e. The maximum Gasteiger partial charge on any atom is 0.185 e. The summed E-state index contributed by atoms with van der Waals surface area (Å²) < 4.78 is 5.39. The van der Waals surface area contributed by atoms with E-state index in [1.165, 1.54) is 6.20 Å². The Morgan fingerprint density at radius 2 is 2.44 bits per heavy atom. The molecule has 0 radical (unpaired) electrons. The predicted molar refractivity (Wildman–Crippen MR) is 60.1 cm³/mol. The third-order valence-corrected chi connectivity index (χ3v) is 3.26.